The van der Waals surface area contributed by atoms with E-state index < -0.39 is 22.2 Å². The highest BCUT2D eigenvalue weighted by Gasteiger charge is 2.24. The van der Waals surface area contributed by atoms with E-state index in [1.54, 1.807) is 19.0 Å². The van der Waals surface area contributed by atoms with Crippen molar-refractivity contribution in [2.75, 3.05) is 14.1 Å². The lowest BCUT2D eigenvalue weighted by Crippen LogP contribution is -2.32. The van der Waals surface area contributed by atoms with Crippen LogP contribution < -0.4 is 0 Å². The van der Waals surface area contributed by atoms with Gasteiger partial charge in [-0.25, -0.2) is 13.2 Å². The molecule has 0 radical (unpaired) electrons. The van der Waals surface area contributed by atoms with Gasteiger partial charge in [0.15, 0.2) is 6.23 Å². The third-order valence-corrected chi connectivity index (χ3v) is 3.90. The quantitative estimate of drug-likeness (QED) is 0.262. The normalized spacial score (nSPS) is 12.6. The number of rotatable bonds is 6. The Balaban J connectivity index is 3.21. The van der Waals surface area contributed by atoms with E-state index in [-0.39, 0.29) is 10.5 Å². The van der Waals surface area contributed by atoms with Crippen LogP contribution in [0.25, 0.3) is 10.4 Å². The molecule has 21 heavy (non-hydrogen) atoms. The molecular weight excluding hydrogens is 296 g/mol. The third kappa shape index (κ3) is 4.19. The molecule has 1 aromatic rings. The van der Waals surface area contributed by atoms with Gasteiger partial charge in [-0.15, -0.1) is 0 Å². The van der Waals surface area contributed by atoms with Gasteiger partial charge < -0.3 is 4.74 Å². The molecule has 1 rings (SSSR count). The molecule has 1 aromatic carbocycles. The minimum absolute atomic E-state index is 0.162. The molecule has 0 saturated heterocycles. The van der Waals surface area contributed by atoms with Crippen LogP contribution >= 0.6 is 0 Å². The molecule has 0 heterocycles. The van der Waals surface area contributed by atoms with E-state index in [0.29, 0.717) is 6.42 Å². The highest BCUT2D eigenvalue weighted by Crippen LogP contribution is 2.20. The minimum Gasteiger partial charge on any atom is -0.443 e. The maximum absolute atomic E-state index is 12.1. The lowest BCUT2D eigenvalue weighted by molar-refractivity contribution is -0.0159. The summed E-state index contributed by atoms with van der Waals surface area (Å²) in [5.74, 6) is -0.789. The summed E-state index contributed by atoms with van der Waals surface area (Å²) in [5, 5.41) is 0. The van der Waals surface area contributed by atoms with Gasteiger partial charge in [0.1, 0.15) is 0 Å². The van der Waals surface area contributed by atoms with Crippen LogP contribution in [0.4, 0.5) is 0 Å². The second kappa shape index (κ2) is 7.07. The topological polar surface area (TPSA) is 112 Å². The van der Waals surface area contributed by atoms with Crippen molar-refractivity contribution in [1.82, 2.24) is 4.90 Å². The van der Waals surface area contributed by atoms with E-state index >= 15 is 0 Å². The van der Waals surface area contributed by atoms with E-state index in [4.69, 9.17) is 10.3 Å². The number of ether oxygens (including phenoxy) is 1. The Morgan fingerprint density at radius 1 is 1.43 bits per heavy atom. The molecule has 8 nitrogen and oxygen atoms in total. The van der Waals surface area contributed by atoms with Crippen LogP contribution in [0.5, 0.6) is 0 Å². The molecule has 114 valence electrons. The molecule has 0 spiro atoms. The molecule has 1 atom stereocenters. The largest absolute Gasteiger partial charge is 0.443 e. The number of esters is 1. The summed E-state index contributed by atoms with van der Waals surface area (Å²) >= 11 is 0. The zero-order valence-corrected chi connectivity index (χ0v) is 12.7. The summed E-state index contributed by atoms with van der Waals surface area (Å²) < 4.78 is 31.6. The van der Waals surface area contributed by atoms with Crippen LogP contribution in [0.15, 0.2) is 33.7 Å². The van der Waals surface area contributed by atoms with E-state index in [1.807, 2.05) is 6.92 Å². The van der Waals surface area contributed by atoms with Crippen molar-refractivity contribution < 1.29 is 17.9 Å². The summed E-state index contributed by atoms with van der Waals surface area (Å²) in [6, 6.07) is 5.43. The first-order chi connectivity index (χ1) is 9.83. The number of carbonyl (C=O) groups is 1. The number of hydrogen-bond donors (Lipinski definition) is 0. The minimum atomic E-state index is -4.25. The van der Waals surface area contributed by atoms with Crippen LogP contribution in [0.3, 0.4) is 0 Å². The van der Waals surface area contributed by atoms with Gasteiger partial charge in [-0.2, -0.15) is 0 Å². The van der Waals surface area contributed by atoms with Crippen LogP contribution in [-0.2, 0) is 14.8 Å². The first kappa shape index (κ1) is 17.0. The lowest BCUT2D eigenvalue weighted by Gasteiger charge is -2.23. The van der Waals surface area contributed by atoms with Gasteiger partial charge in [0, 0.05) is 9.43 Å². The number of carbonyl (C=O) groups excluding carboxylic acids is 1. The number of nitrogens with zero attached hydrogens (tertiary/aromatic N) is 4. The average Bonchev–Trinajstić information content (AvgIpc) is 2.44. The second-order valence-electron chi connectivity index (χ2n) is 4.37. The molecule has 0 bridgehead atoms. The highest BCUT2D eigenvalue weighted by atomic mass is 32.2. The molecule has 1 unspecified atom stereocenters. The average molecular weight is 312 g/mol. The maximum Gasteiger partial charge on any atom is 0.341 e. The first-order valence-electron chi connectivity index (χ1n) is 6.11. The molecule has 0 N–H and O–H groups in total. The fraction of sp³-hybridized carbons (Fsp3) is 0.417. The zero-order valence-electron chi connectivity index (χ0n) is 11.9. The predicted octanol–water partition coefficient (Wildman–Crippen LogP) is 2.14. The fourth-order valence-corrected chi connectivity index (χ4v) is 2.56. The number of azide groups is 1. The molecule has 0 fully saturated rings. The van der Waals surface area contributed by atoms with Gasteiger partial charge in [-0.3, -0.25) is 4.90 Å². The Morgan fingerprint density at radius 2 is 2.05 bits per heavy atom. The van der Waals surface area contributed by atoms with Crippen molar-refractivity contribution in [3.63, 3.8) is 0 Å². The molecular formula is C12H16N4O4S. The predicted molar refractivity (Wildman–Crippen MR) is 76.0 cm³/mol. The van der Waals surface area contributed by atoms with Crippen molar-refractivity contribution in [3.05, 3.63) is 40.3 Å². The molecule has 9 heteroatoms. The van der Waals surface area contributed by atoms with Gasteiger partial charge in [-0.1, -0.05) is 19.1 Å². The Bertz CT molecular complexity index is 666. The van der Waals surface area contributed by atoms with E-state index in [0.717, 1.165) is 0 Å². The maximum atomic E-state index is 12.1. The molecule has 0 aromatic heterocycles. The fourth-order valence-electron chi connectivity index (χ4n) is 1.69. The first-order valence-corrected chi connectivity index (χ1v) is 7.55. The van der Waals surface area contributed by atoms with Gasteiger partial charge in [-0.05, 0) is 38.2 Å². The van der Waals surface area contributed by atoms with Crippen molar-refractivity contribution in [2.24, 2.45) is 4.52 Å². The van der Waals surface area contributed by atoms with Crippen LogP contribution in [0.2, 0.25) is 0 Å². The highest BCUT2D eigenvalue weighted by molar-refractivity contribution is 7.90. The number of benzene rings is 1. The van der Waals surface area contributed by atoms with Gasteiger partial charge in [0.05, 0.1) is 10.5 Å². The Labute approximate surface area is 123 Å². The number of sulfonamides is 1. The summed E-state index contributed by atoms with van der Waals surface area (Å²) in [6.45, 7) is 1.83. The summed E-state index contributed by atoms with van der Waals surface area (Å²) in [5.41, 5.74) is 8.14. The SMILES string of the molecule is CCC(OC(=O)c1ccccc1S(=O)(=O)N=[N+]=[N-])N(C)C. The van der Waals surface area contributed by atoms with Crippen molar-refractivity contribution in [3.8, 4) is 0 Å². The van der Waals surface area contributed by atoms with E-state index in [9.17, 15) is 13.2 Å². The van der Waals surface area contributed by atoms with Crippen molar-refractivity contribution in [2.45, 2.75) is 24.5 Å². The molecule has 0 amide bonds. The number of hydrogen-bond acceptors (Lipinski definition) is 5. The molecule has 0 aliphatic carbocycles. The summed E-state index contributed by atoms with van der Waals surface area (Å²) in [6.07, 6.45) is 0.0667. The standard InChI is InChI=1S/C12H16N4O4S/c1-4-11(16(2)3)20-12(17)9-7-5-6-8-10(9)21(18,19)15-14-13/h5-8,11H,4H2,1-3H3. The second-order valence-corrected chi connectivity index (χ2v) is 5.93. The van der Waals surface area contributed by atoms with Crippen LogP contribution in [-0.4, -0.2) is 39.6 Å². The van der Waals surface area contributed by atoms with Crippen LogP contribution in [0.1, 0.15) is 23.7 Å². The monoisotopic (exact) mass is 312 g/mol. The van der Waals surface area contributed by atoms with Gasteiger partial charge in [0.25, 0.3) is 10.0 Å². The molecule has 0 aliphatic rings. The van der Waals surface area contributed by atoms with E-state index in [2.05, 4.69) is 9.43 Å². The molecule has 0 aliphatic heterocycles. The Kier molecular flexibility index (Phi) is 5.71. The summed E-state index contributed by atoms with van der Waals surface area (Å²) in [4.78, 5) is 15.7. The summed E-state index contributed by atoms with van der Waals surface area (Å²) in [7, 11) is -0.775. The van der Waals surface area contributed by atoms with Gasteiger partial charge in [0.2, 0.25) is 0 Å². The van der Waals surface area contributed by atoms with E-state index in [1.165, 1.54) is 24.3 Å². The smallest absolute Gasteiger partial charge is 0.341 e. The Morgan fingerprint density at radius 3 is 2.57 bits per heavy atom. The molecule has 0 saturated carbocycles. The lowest BCUT2D eigenvalue weighted by atomic mass is 10.2. The Hall–Kier alpha value is -2.09. The van der Waals surface area contributed by atoms with Gasteiger partial charge >= 0.3 is 5.97 Å². The van der Waals surface area contributed by atoms with Crippen LogP contribution in [0, 0.1) is 0 Å². The zero-order chi connectivity index (χ0) is 16.0. The van der Waals surface area contributed by atoms with Crippen molar-refractivity contribution in [1.29, 1.82) is 0 Å². The van der Waals surface area contributed by atoms with Crippen molar-refractivity contribution >= 4 is 16.0 Å². The third-order valence-electron chi connectivity index (χ3n) is 2.70.